The first-order valence-corrected chi connectivity index (χ1v) is 11.0. The van der Waals surface area contributed by atoms with Crippen molar-refractivity contribution in [1.82, 2.24) is 5.32 Å². The summed E-state index contributed by atoms with van der Waals surface area (Å²) in [6.45, 7) is 2.48. The first-order valence-electron chi connectivity index (χ1n) is 8.41. The molecule has 0 unspecified atom stereocenters. The number of nitrogens with one attached hydrogen (secondary N) is 1. The summed E-state index contributed by atoms with van der Waals surface area (Å²) in [7, 11) is -2.41. The first kappa shape index (κ1) is 29.3. The van der Waals surface area contributed by atoms with Crippen LogP contribution in [0.1, 0.15) is 71.1 Å². The van der Waals surface area contributed by atoms with E-state index >= 15 is 0 Å². The van der Waals surface area contributed by atoms with E-state index < -0.39 is 10.1 Å². The number of hydrogen-bond donors (Lipinski definition) is 1. The summed E-state index contributed by atoms with van der Waals surface area (Å²) < 4.78 is 29.9. The molecule has 0 aliphatic carbocycles. The van der Waals surface area contributed by atoms with Gasteiger partial charge in [0.2, 0.25) is 0 Å². The quantitative estimate of drug-likeness (QED) is 0.266. The Hall–Kier alpha value is 1.54. The van der Waals surface area contributed by atoms with Crippen LogP contribution in [0.4, 0.5) is 0 Å². The van der Waals surface area contributed by atoms with Crippen molar-refractivity contribution in [1.29, 1.82) is 0 Å². The molecule has 0 saturated carbocycles. The molecule has 0 radical (unpaired) electrons. The molecule has 0 bridgehead atoms. The van der Waals surface area contributed by atoms with Gasteiger partial charge in [0.25, 0.3) is 0 Å². The van der Waals surface area contributed by atoms with E-state index in [9.17, 15) is 17.8 Å². The average molecular weight is 367 g/mol. The van der Waals surface area contributed by atoms with E-state index in [0.717, 1.165) is 40.8 Å². The second-order valence-electron chi connectivity index (χ2n) is 5.65. The molecule has 8 heteroatoms. The average Bonchev–Trinajstić information content (AvgIpc) is 2.43. The second-order valence-corrected chi connectivity index (χ2v) is 8.28. The molecule has 0 aromatic carbocycles. The molecule has 23 heavy (non-hydrogen) atoms. The maximum atomic E-state index is 10.7. The molecule has 0 heterocycles. The Morgan fingerprint density at radius 1 is 1.00 bits per heavy atom. The van der Waals surface area contributed by atoms with Crippen LogP contribution in [0.25, 0.3) is 0 Å². The van der Waals surface area contributed by atoms with Crippen LogP contribution in [0.15, 0.2) is 0 Å². The van der Waals surface area contributed by atoms with Crippen LogP contribution in [0.3, 0.4) is 0 Å². The van der Waals surface area contributed by atoms with Crippen molar-refractivity contribution in [3.63, 3.8) is 0 Å². The molecule has 0 fully saturated rings. The first-order chi connectivity index (χ1) is 10.3. The molecule has 0 aliphatic heterocycles. The molecule has 0 spiro atoms. The van der Waals surface area contributed by atoms with E-state index in [0.29, 0.717) is 3.03 Å². The minimum Gasteiger partial charge on any atom is -0.748 e. The zero-order valence-electron chi connectivity index (χ0n) is 15.5. The van der Waals surface area contributed by atoms with Crippen LogP contribution in [0.2, 0.25) is 0 Å². The predicted octanol–water partition coefficient (Wildman–Crippen LogP) is -0.643. The fraction of sp³-hybridized carbons (Fsp3) is 0.933. The molecule has 5 nitrogen and oxygen atoms in total. The van der Waals surface area contributed by atoms with Gasteiger partial charge in [-0.3, -0.25) is 0 Å². The summed E-state index contributed by atoms with van der Waals surface area (Å²) in [5.41, 5.74) is 0. The van der Waals surface area contributed by atoms with Gasteiger partial charge in [0.15, 0.2) is 0 Å². The minimum absolute atomic E-state index is 0. The molecule has 1 N–H and O–H groups in total. The number of rotatable bonds is 13. The maximum absolute atomic E-state index is 10.7. The van der Waals surface area contributed by atoms with Gasteiger partial charge in [-0.05, 0) is 7.05 Å². The van der Waals surface area contributed by atoms with Crippen molar-refractivity contribution < 1.29 is 47.3 Å². The minimum atomic E-state index is -4.00. The third kappa shape index (κ3) is 35.5. The van der Waals surface area contributed by atoms with Gasteiger partial charge in [0.1, 0.15) is 0 Å². The van der Waals surface area contributed by atoms with Crippen LogP contribution in [-0.4, -0.2) is 63.3 Å². The molecule has 0 aliphatic rings. The van der Waals surface area contributed by atoms with Gasteiger partial charge in [0, 0.05) is 6.54 Å². The van der Waals surface area contributed by atoms with Gasteiger partial charge in [-0.1, -0.05) is 0 Å². The molecule has 0 aromatic rings. The van der Waals surface area contributed by atoms with Crippen LogP contribution < -0.4 is 34.9 Å². The van der Waals surface area contributed by atoms with Crippen molar-refractivity contribution in [3.05, 3.63) is 0 Å². The Kier molecular flexibility index (Phi) is 27.5. The van der Waals surface area contributed by atoms with Crippen molar-refractivity contribution in [2.24, 2.45) is 0 Å². The van der Waals surface area contributed by atoms with Crippen molar-refractivity contribution in [2.45, 2.75) is 71.1 Å². The number of unbranched alkanes of at least 4 members (excludes halogenated alkanes) is 8. The third-order valence-corrected chi connectivity index (χ3v) is 4.44. The third-order valence-electron chi connectivity index (χ3n) is 3.23. The molecular formula is C15H31NNa2O4S. The Bertz CT molecular complexity index is 351. The zero-order valence-corrected chi connectivity index (χ0v) is 20.3. The van der Waals surface area contributed by atoms with Gasteiger partial charge < -0.3 is 9.87 Å². The fourth-order valence-electron chi connectivity index (χ4n) is 1.91. The Balaban J connectivity index is -0.000000382. The van der Waals surface area contributed by atoms with Gasteiger partial charge in [-0.25, -0.2) is 8.42 Å². The van der Waals surface area contributed by atoms with Crippen molar-refractivity contribution in [2.75, 3.05) is 19.3 Å². The summed E-state index contributed by atoms with van der Waals surface area (Å²) in [6, 6.07) is 0. The molecule has 0 aromatic heterocycles. The topological polar surface area (TPSA) is 86.3 Å². The Labute approximate surface area is 182 Å². The normalized spacial score (nSPS) is 10.5. The van der Waals surface area contributed by atoms with E-state index in [1.165, 1.54) is 51.4 Å². The molecular weight excluding hydrogens is 336 g/mol. The summed E-state index contributed by atoms with van der Waals surface area (Å²) in [5, 5.41) is 2.55. The van der Waals surface area contributed by atoms with Gasteiger partial charge in [0.05, 0.1) is 15.9 Å². The zero-order chi connectivity index (χ0) is 17.3. The number of carbonyl (C=O) groups is 1. The Morgan fingerprint density at radius 3 is 1.74 bits per heavy atom. The molecule has 0 atom stereocenters. The fourth-order valence-corrected chi connectivity index (χ4v) is 2.72. The summed E-state index contributed by atoms with van der Waals surface area (Å²) >= 11 is 0.751. The second kappa shape index (κ2) is 21.6. The largest absolute Gasteiger partial charge is 1.00 e. The molecule has 0 rings (SSSR count). The summed E-state index contributed by atoms with van der Waals surface area (Å²) in [6.07, 6.45) is 12.9. The standard InChI is InChI=1S/C12H23O.C3H9NO3S.2Na/c1-2-3-4-5-6-7-8-9-10-11-12-13;1-4-2-3-8(5,6)7;;/h2-11H2,1H3;4H,2-3H2,1H3,(H,5,6,7);;/q;;;+1/p-1. The number of hydrogen-bond acceptors (Lipinski definition) is 5. The summed E-state index contributed by atoms with van der Waals surface area (Å²) in [5.74, 6) is -0.330. The molecule has 0 saturated heterocycles. The monoisotopic (exact) mass is 367 g/mol. The van der Waals surface area contributed by atoms with E-state index in [-0.39, 0.29) is 41.9 Å². The molecule has 128 valence electrons. The van der Waals surface area contributed by atoms with Gasteiger partial charge in [-0.2, -0.15) is 0 Å². The van der Waals surface area contributed by atoms with E-state index in [1.807, 2.05) is 0 Å². The van der Waals surface area contributed by atoms with Gasteiger partial charge in [-0.15, -0.1) is 0 Å². The van der Waals surface area contributed by atoms with Crippen LogP contribution in [0, 0.1) is 0 Å². The maximum Gasteiger partial charge on any atom is 1.00 e. The van der Waals surface area contributed by atoms with Gasteiger partial charge >= 0.3 is 136 Å². The SMILES string of the molecule is CCCCCCCCCCC[C](=O)[Na].CNCCS(=O)(=O)[O-].[Na+]. The van der Waals surface area contributed by atoms with E-state index in [1.54, 1.807) is 7.05 Å². The number of carbonyl (C=O) groups excluding carboxylic acids is 1. The Morgan fingerprint density at radius 2 is 1.43 bits per heavy atom. The van der Waals surface area contributed by atoms with E-state index in [4.69, 9.17) is 0 Å². The summed E-state index contributed by atoms with van der Waals surface area (Å²) in [4.78, 5) is 10.7. The van der Waals surface area contributed by atoms with Crippen LogP contribution in [-0.2, 0) is 14.9 Å². The smallest absolute Gasteiger partial charge is 0.748 e. The predicted molar refractivity (Wildman–Crippen MR) is 91.1 cm³/mol. The van der Waals surface area contributed by atoms with Crippen molar-refractivity contribution in [3.8, 4) is 0 Å². The van der Waals surface area contributed by atoms with Crippen LogP contribution >= 0.6 is 0 Å². The van der Waals surface area contributed by atoms with Crippen molar-refractivity contribution >= 4 is 41.1 Å². The van der Waals surface area contributed by atoms with Crippen LogP contribution in [0.5, 0.6) is 0 Å². The van der Waals surface area contributed by atoms with E-state index in [2.05, 4.69) is 12.2 Å². The molecule has 0 amide bonds.